The Kier molecular flexibility index (Phi) is 13.7. The van der Waals surface area contributed by atoms with Gasteiger partial charge in [-0.25, -0.2) is 4.79 Å². The third-order valence-electron chi connectivity index (χ3n) is 4.95. The maximum absolute atomic E-state index is 12.8. The van der Waals surface area contributed by atoms with Crippen molar-refractivity contribution in [1.82, 2.24) is 16.0 Å². The summed E-state index contributed by atoms with van der Waals surface area (Å²) >= 11 is 3.84. The first-order chi connectivity index (χ1) is 15.3. The summed E-state index contributed by atoms with van der Waals surface area (Å²) in [7, 11) is 0. The van der Waals surface area contributed by atoms with E-state index in [4.69, 9.17) is 21.7 Å². The monoisotopic (exact) mass is 491 g/mol. The molecule has 0 radical (unpaired) electrons. The molecule has 0 spiro atoms. The standard InChI is InChI=1S/C19H33N5O8S/c1-3-9(2)15(21)18(30)23-11(5-7-14(26)27)16(28)22-10(4-6-13(20)25)17(29)24-12(8-33)19(31)32/h9-12,15,33H,3-8,21H2,1-2H3,(H2,20,25)(H,22,28)(H,23,30)(H,24,29)(H,26,27)(H,31,32). The summed E-state index contributed by atoms with van der Waals surface area (Å²) in [5.41, 5.74) is 11.0. The number of carboxylic acids is 2. The molecule has 0 heterocycles. The average molecular weight is 492 g/mol. The lowest BCUT2D eigenvalue weighted by atomic mass is 9.98. The molecule has 9 N–H and O–H groups in total. The molecular weight excluding hydrogens is 458 g/mol. The van der Waals surface area contributed by atoms with Crippen LogP contribution in [0.15, 0.2) is 0 Å². The van der Waals surface area contributed by atoms with E-state index in [1.165, 1.54) is 0 Å². The molecule has 0 aromatic heterocycles. The van der Waals surface area contributed by atoms with E-state index in [2.05, 4.69) is 28.6 Å². The number of carbonyl (C=O) groups is 6. The predicted octanol–water partition coefficient (Wildman–Crippen LogP) is -2.04. The van der Waals surface area contributed by atoms with E-state index < -0.39 is 66.2 Å². The molecule has 0 aliphatic rings. The summed E-state index contributed by atoms with van der Waals surface area (Å²) in [4.78, 5) is 71.1. The summed E-state index contributed by atoms with van der Waals surface area (Å²) in [6, 6.07) is -5.02. The van der Waals surface area contributed by atoms with Gasteiger partial charge in [0.25, 0.3) is 0 Å². The lowest BCUT2D eigenvalue weighted by Gasteiger charge is -2.25. The molecule has 0 rings (SSSR count). The van der Waals surface area contributed by atoms with Gasteiger partial charge in [0.15, 0.2) is 0 Å². The van der Waals surface area contributed by atoms with E-state index in [0.717, 1.165) is 0 Å². The second-order valence-electron chi connectivity index (χ2n) is 7.55. The highest BCUT2D eigenvalue weighted by Gasteiger charge is 2.31. The van der Waals surface area contributed by atoms with Crippen molar-refractivity contribution < 1.29 is 39.0 Å². The second kappa shape index (κ2) is 15.1. The van der Waals surface area contributed by atoms with Crippen LogP contribution in [0.3, 0.4) is 0 Å². The Balaban J connectivity index is 5.58. The summed E-state index contributed by atoms with van der Waals surface area (Å²) in [6.45, 7) is 3.56. The van der Waals surface area contributed by atoms with Gasteiger partial charge in [-0.15, -0.1) is 0 Å². The summed E-state index contributed by atoms with van der Waals surface area (Å²) in [5.74, 6) is -6.26. The van der Waals surface area contributed by atoms with E-state index in [0.29, 0.717) is 6.42 Å². The van der Waals surface area contributed by atoms with Crippen molar-refractivity contribution in [2.24, 2.45) is 17.4 Å². The SMILES string of the molecule is CCC(C)C(N)C(=O)NC(CCC(=O)O)C(=O)NC(CCC(N)=O)C(=O)NC(CS)C(=O)O. The molecule has 0 fully saturated rings. The average Bonchev–Trinajstić information content (AvgIpc) is 2.75. The zero-order valence-corrected chi connectivity index (χ0v) is 19.5. The van der Waals surface area contributed by atoms with Gasteiger partial charge in [0, 0.05) is 18.6 Å². The first kappa shape index (κ1) is 30.1. The molecule has 0 aromatic carbocycles. The van der Waals surface area contributed by atoms with Crippen LogP contribution in [-0.2, 0) is 28.8 Å². The summed E-state index contributed by atoms with van der Waals surface area (Å²) < 4.78 is 0. The van der Waals surface area contributed by atoms with Gasteiger partial charge in [-0.2, -0.15) is 12.6 Å². The number of hydrogen-bond acceptors (Lipinski definition) is 8. The van der Waals surface area contributed by atoms with Gasteiger partial charge in [0.05, 0.1) is 6.04 Å². The van der Waals surface area contributed by atoms with E-state index >= 15 is 0 Å². The van der Waals surface area contributed by atoms with Crippen LogP contribution >= 0.6 is 12.6 Å². The molecule has 4 amide bonds. The number of aliphatic carboxylic acids is 2. The fraction of sp³-hybridized carbons (Fsp3) is 0.684. The first-order valence-electron chi connectivity index (χ1n) is 10.3. The van der Waals surface area contributed by atoms with Crippen LogP contribution in [-0.4, -0.2) is 75.7 Å². The minimum atomic E-state index is -1.38. The van der Waals surface area contributed by atoms with Crippen LogP contribution in [0.25, 0.3) is 0 Å². The number of primary amides is 1. The Morgan fingerprint density at radius 2 is 1.30 bits per heavy atom. The van der Waals surface area contributed by atoms with Gasteiger partial charge in [0.1, 0.15) is 18.1 Å². The van der Waals surface area contributed by atoms with Crippen LogP contribution in [0.1, 0.15) is 46.0 Å². The number of carboxylic acid groups (broad SMARTS) is 2. The molecule has 188 valence electrons. The Hall–Kier alpha value is -2.87. The van der Waals surface area contributed by atoms with E-state index in [1.807, 2.05) is 6.92 Å². The van der Waals surface area contributed by atoms with Gasteiger partial charge < -0.3 is 37.6 Å². The van der Waals surface area contributed by atoms with Crippen molar-refractivity contribution in [2.45, 2.75) is 70.1 Å². The van der Waals surface area contributed by atoms with E-state index in [9.17, 15) is 28.8 Å². The van der Waals surface area contributed by atoms with E-state index in [-0.39, 0.29) is 30.9 Å². The van der Waals surface area contributed by atoms with Crippen LogP contribution < -0.4 is 27.4 Å². The number of hydrogen-bond donors (Lipinski definition) is 8. The normalized spacial score (nSPS) is 15.3. The third kappa shape index (κ3) is 11.5. The highest BCUT2D eigenvalue weighted by molar-refractivity contribution is 7.80. The van der Waals surface area contributed by atoms with Gasteiger partial charge >= 0.3 is 11.9 Å². The molecule has 0 saturated carbocycles. The topological polar surface area (TPSA) is 231 Å². The number of nitrogens with two attached hydrogens (primary N) is 2. The molecule has 0 aliphatic heterocycles. The molecule has 0 bridgehead atoms. The minimum absolute atomic E-state index is 0.212. The molecular formula is C19H33N5O8S. The minimum Gasteiger partial charge on any atom is -0.481 e. The number of amides is 4. The van der Waals surface area contributed by atoms with Crippen molar-refractivity contribution in [3.63, 3.8) is 0 Å². The fourth-order valence-corrected chi connectivity index (χ4v) is 2.85. The molecule has 5 unspecified atom stereocenters. The fourth-order valence-electron chi connectivity index (χ4n) is 2.60. The molecule has 5 atom stereocenters. The van der Waals surface area contributed by atoms with Crippen molar-refractivity contribution >= 4 is 48.2 Å². The number of rotatable bonds is 16. The smallest absolute Gasteiger partial charge is 0.327 e. The maximum Gasteiger partial charge on any atom is 0.327 e. The molecule has 0 saturated heterocycles. The molecule has 14 heteroatoms. The number of nitrogens with one attached hydrogen (secondary N) is 3. The van der Waals surface area contributed by atoms with Crippen LogP contribution in [0.5, 0.6) is 0 Å². The predicted molar refractivity (Wildman–Crippen MR) is 120 cm³/mol. The molecule has 33 heavy (non-hydrogen) atoms. The number of thiol groups is 1. The van der Waals surface area contributed by atoms with Gasteiger partial charge in [0.2, 0.25) is 23.6 Å². The Bertz CT molecular complexity index is 735. The van der Waals surface area contributed by atoms with Crippen LogP contribution in [0.2, 0.25) is 0 Å². The lowest BCUT2D eigenvalue weighted by molar-refractivity contribution is -0.141. The van der Waals surface area contributed by atoms with Crippen LogP contribution in [0.4, 0.5) is 0 Å². The Labute approximate surface area is 196 Å². The quantitative estimate of drug-likeness (QED) is 0.111. The van der Waals surface area contributed by atoms with Crippen molar-refractivity contribution in [2.75, 3.05) is 5.75 Å². The van der Waals surface area contributed by atoms with Crippen molar-refractivity contribution in [3.05, 3.63) is 0 Å². The largest absolute Gasteiger partial charge is 0.481 e. The van der Waals surface area contributed by atoms with Crippen molar-refractivity contribution in [1.29, 1.82) is 0 Å². The Morgan fingerprint density at radius 1 is 0.848 bits per heavy atom. The lowest BCUT2D eigenvalue weighted by Crippen LogP contribution is -2.58. The second-order valence-corrected chi connectivity index (χ2v) is 7.92. The molecule has 0 aliphatic carbocycles. The Morgan fingerprint density at radius 3 is 1.70 bits per heavy atom. The highest BCUT2D eigenvalue weighted by atomic mass is 32.1. The highest BCUT2D eigenvalue weighted by Crippen LogP contribution is 2.08. The van der Waals surface area contributed by atoms with Gasteiger partial charge in [-0.1, -0.05) is 20.3 Å². The molecule has 0 aromatic rings. The van der Waals surface area contributed by atoms with Crippen LogP contribution in [0, 0.1) is 5.92 Å². The molecule has 13 nitrogen and oxygen atoms in total. The maximum atomic E-state index is 12.8. The van der Waals surface area contributed by atoms with Gasteiger partial charge in [-0.05, 0) is 18.8 Å². The zero-order valence-electron chi connectivity index (χ0n) is 18.6. The van der Waals surface area contributed by atoms with E-state index in [1.54, 1.807) is 6.92 Å². The summed E-state index contributed by atoms with van der Waals surface area (Å²) in [5, 5.41) is 25.0. The van der Waals surface area contributed by atoms with Crippen molar-refractivity contribution in [3.8, 4) is 0 Å². The third-order valence-corrected chi connectivity index (χ3v) is 5.31. The first-order valence-corrected chi connectivity index (χ1v) is 11.0. The summed E-state index contributed by atoms with van der Waals surface area (Å²) in [6.07, 6.45) is -0.722. The van der Waals surface area contributed by atoms with Gasteiger partial charge in [-0.3, -0.25) is 24.0 Å². The zero-order chi connectivity index (χ0) is 25.7. The number of carbonyl (C=O) groups excluding carboxylic acids is 4.